The molecule has 3 aromatic rings. The lowest BCUT2D eigenvalue weighted by molar-refractivity contribution is -0.150. The zero-order valence-corrected chi connectivity index (χ0v) is 27.1. The van der Waals surface area contributed by atoms with Gasteiger partial charge in [-0.05, 0) is 61.8 Å². The van der Waals surface area contributed by atoms with Gasteiger partial charge in [0.1, 0.15) is 0 Å². The van der Waals surface area contributed by atoms with Gasteiger partial charge in [-0.25, -0.2) is 0 Å². The Morgan fingerprint density at radius 1 is 1.13 bits per heavy atom. The highest BCUT2D eigenvalue weighted by molar-refractivity contribution is 6.72. The maximum absolute atomic E-state index is 16.3. The minimum Gasteiger partial charge on any atom is -0.491 e. The Balaban J connectivity index is 1.47. The second-order valence-corrected chi connectivity index (χ2v) is 16.7. The number of methoxy groups -OCH3 is 1. The fraction of sp³-hybridized carbons (Fsp3) is 0.441. The third-order valence-electron chi connectivity index (χ3n) is 9.82. The molecule has 0 radical (unpaired) electrons. The standard InChI is InChI=1S/C34H40FN3O6Si/c1-22-31(45(3,4)35)29(19-30(40)36-16-8-12-25(36)21-39)44-34(22)26-18-24(37-17-9-13-28(43-2)32(37)41)14-15-27(26)38(33(34)42)20-23-10-6-5-7-11-23/h5-7,9-11,13-15,17-18,22,25,29,31,39H,8,12,16,19-21H2,1-4H3/t22-,25-,29+,31-,34+/m0/s1. The van der Waals surface area contributed by atoms with Gasteiger partial charge in [-0.1, -0.05) is 37.3 Å². The number of aliphatic hydroxyl groups is 1. The summed E-state index contributed by atoms with van der Waals surface area (Å²) in [5.74, 6) is -0.936. The molecule has 1 N–H and O–H groups in total. The highest BCUT2D eigenvalue weighted by Crippen LogP contribution is 2.60. The van der Waals surface area contributed by atoms with Gasteiger partial charge in [0.05, 0.1) is 44.5 Å². The van der Waals surface area contributed by atoms with Crippen LogP contribution >= 0.6 is 0 Å². The summed E-state index contributed by atoms with van der Waals surface area (Å²) in [6.07, 6.45) is 2.22. The van der Waals surface area contributed by atoms with Gasteiger partial charge >= 0.3 is 0 Å². The molecule has 2 saturated heterocycles. The predicted molar refractivity (Wildman–Crippen MR) is 171 cm³/mol. The molecule has 0 aliphatic carbocycles. The van der Waals surface area contributed by atoms with Crippen molar-refractivity contribution in [2.75, 3.05) is 25.2 Å². The molecule has 1 spiro atoms. The smallest absolute Gasteiger partial charge is 0.297 e. The average molecular weight is 634 g/mol. The first kappa shape index (κ1) is 31.2. The summed E-state index contributed by atoms with van der Waals surface area (Å²) in [4.78, 5) is 44.9. The lowest BCUT2D eigenvalue weighted by atomic mass is 9.82. The van der Waals surface area contributed by atoms with Crippen molar-refractivity contribution in [2.24, 2.45) is 5.92 Å². The lowest BCUT2D eigenvalue weighted by Crippen LogP contribution is -2.45. The molecule has 0 bridgehead atoms. The molecule has 6 rings (SSSR count). The summed E-state index contributed by atoms with van der Waals surface area (Å²) in [6, 6.07) is 18.0. The third kappa shape index (κ3) is 5.20. The van der Waals surface area contributed by atoms with Crippen LogP contribution in [-0.4, -0.2) is 67.2 Å². The summed E-state index contributed by atoms with van der Waals surface area (Å²) in [5.41, 5.74) is 0.0274. The maximum Gasteiger partial charge on any atom is 0.297 e. The van der Waals surface area contributed by atoms with Crippen LogP contribution in [0.15, 0.2) is 71.7 Å². The SMILES string of the molecule is COc1cccn(-c2ccc3c(c2)[C@@]2(O[C@H](CC(=O)N4CCC[C@H]4CO)[C@@H]([Si](C)(C)F)[C@@H]2C)C(=O)N3Cc2ccccc2)c1=O. The lowest BCUT2D eigenvalue weighted by Gasteiger charge is -2.31. The van der Waals surface area contributed by atoms with E-state index in [1.54, 1.807) is 53.4 Å². The number of benzene rings is 2. The number of amides is 2. The molecule has 0 unspecified atom stereocenters. The minimum absolute atomic E-state index is 0.0794. The summed E-state index contributed by atoms with van der Waals surface area (Å²) < 4.78 is 29.9. The Labute approximate surface area is 263 Å². The van der Waals surface area contributed by atoms with Gasteiger partial charge in [0.15, 0.2) is 11.4 Å². The largest absolute Gasteiger partial charge is 0.491 e. The maximum atomic E-state index is 16.3. The molecular weight excluding hydrogens is 593 g/mol. The van der Waals surface area contributed by atoms with Crippen LogP contribution in [0, 0.1) is 5.92 Å². The van der Waals surface area contributed by atoms with Crippen LogP contribution in [0.3, 0.4) is 0 Å². The van der Waals surface area contributed by atoms with Crippen molar-refractivity contribution in [3.63, 3.8) is 0 Å². The summed E-state index contributed by atoms with van der Waals surface area (Å²) >= 11 is 0. The van der Waals surface area contributed by atoms with Crippen molar-refractivity contribution in [1.82, 2.24) is 9.47 Å². The van der Waals surface area contributed by atoms with Crippen LogP contribution in [0.1, 0.15) is 37.3 Å². The van der Waals surface area contributed by atoms with Crippen molar-refractivity contribution < 1.29 is 28.3 Å². The van der Waals surface area contributed by atoms with Gasteiger partial charge in [-0.2, -0.15) is 0 Å². The number of carbonyl (C=O) groups is 2. The Morgan fingerprint density at radius 2 is 1.89 bits per heavy atom. The molecule has 0 saturated carbocycles. The highest BCUT2D eigenvalue weighted by Gasteiger charge is 2.67. The van der Waals surface area contributed by atoms with Gasteiger partial charge < -0.3 is 28.5 Å². The Bertz CT molecular complexity index is 1660. The molecule has 3 aliphatic heterocycles. The van der Waals surface area contributed by atoms with E-state index in [2.05, 4.69) is 0 Å². The zero-order chi connectivity index (χ0) is 32.1. The van der Waals surface area contributed by atoms with Crippen LogP contribution in [0.25, 0.3) is 5.69 Å². The van der Waals surface area contributed by atoms with Crippen molar-refractivity contribution in [3.05, 3.63) is 88.3 Å². The number of aromatic nitrogens is 1. The molecule has 45 heavy (non-hydrogen) atoms. The first-order chi connectivity index (χ1) is 21.5. The molecule has 4 heterocycles. The molecule has 2 aromatic carbocycles. The number of fused-ring (bicyclic) bond motifs is 2. The molecular formula is C34H40FN3O6Si. The summed E-state index contributed by atoms with van der Waals surface area (Å²) in [7, 11) is -2.08. The van der Waals surface area contributed by atoms with Gasteiger partial charge in [-0.15, -0.1) is 0 Å². The van der Waals surface area contributed by atoms with Gasteiger partial charge in [-0.3, -0.25) is 19.0 Å². The monoisotopic (exact) mass is 633 g/mol. The molecule has 9 nitrogen and oxygen atoms in total. The van der Waals surface area contributed by atoms with E-state index in [-0.39, 0.29) is 48.7 Å². The number of likely N-dealkylation sites (tertiary alicyclic amines) is 1. The van der Waals surface area contributed by atoms with Crippen molar-refractivity contribution in [1.29, 1.82) is 0 Å². The quantitative estimate of drug-likeness (QED) is 0.289. The predicted octanol–water partition coefficient (Wildman–Crippen LogP) is 4.54. The van der Waals surface area contributed by atoms with Crippen molar-refractivity contribution in [3.8, 4) is 11.4 Å². The van der Waals surface area contributed by atoms with Gasteiger partial charge in [0.25, 0.3) is 11.5 Å². The van der Waals surface area contributed by atoms with Crippen molar-refractivity contribution >= 4 is 25.9 Å². The molecule has 2 fully saturated rings. The molecule has 238 valence electrons. The van der Waals surface area contributed by atoms with Crippen LogP contribution in [0.2, 0.25) is 18.6 Å². The van der Waals surface area contributed by atoms with E-state index in [0.717, 1.165) is 12.0 Å². The molecule has 3 aliphatic rings. The fourth-order valence-electron chi connectivity index (χ4n) is 7.78. The number of pyridine rings is 1. The normalized spacial score (nSPS) is 26.1. The van der Waals surface area contributed by atoms with Crippen molar-refractivity contribution in [2.45, 2.75) is 69.1 Å². The number of halogens is 1. The van der Waals surface area contributed by atoms with E-state index in [9.17, 15) is 19.5 Å². The second kappa shape index (κ2) is 11.8. The number of hydrogen-bond acceptors (Lipinski definition) is 6. The van der Waals surface area contributed by atoms with Crippen LogP contribution < -0.4 is 15.2 Å². The highest BCUT2D eigenvalue weighted by atomic mass is 28.4. The third-order valence-corrected chi connectivity index (χ3v) is 12.3. The first-order valence-electron chi connectivity index (χ1n) is 15.5. The second-order valence-electron chi connectivity index (χ2n) is 12.9. The molecule has 1 aromatic heterocycles. The zero-order valence-electron chi connectivity index (χ0n) is 26.1. The minimum atomic E-state index is -3.51. The van der Waals surface area contributed by atoms with Crippen LogP contribution in [0.4, 0.5) is 9.80 Å². The van der Waals surface area contributed by atoms with E-state index < -0.39 is 31.6 Å². The number of aliphatic hydroxyl groups excluding tert-OH is 1. The Morgan fingerprint density at radius 3 is 2.58 bits per heavy atom. The average Bonchev–Trinajstić information content (AvgIpc) is 3.68. The fourth-order valence-corrected chi connectivity index (χ4v) is 10.3. The number of ether oxygens (including phenoxy) is 2. The Hall–Kier alpha value is -3.80. The van der Waals surface area contributed by atoms with E-state index >= 15 is 4.11 Å². The summed E-state index contributed by atoms with van der Waals surface area (Å²) in [5, 5.41) is 9.84. The molecule has 11 heteroatoms. The number of anilines is 1. The summed E-state index contributed by atoms with van der Waals surface area (Å²) in [6.45, 7) is 5.75. The van der Waals surface area contributed by atoms with E-state index in [1.807, 2.05) is 43.3 Å². The van der Waals surface area contributed by atoms with Crippen LogP contribution in [-0.2, 0) is 26.5 Å². The first-order valence-corrected chi connectivity index (χ1v) is 18.5. The number of rotatable bonds is 8. The number of nitrogens with zero attached hydrogens (tertiary/aromatic N) is 3. The van der Waals surface area contributed by atoms with Crippen LogP contribution in [0.5, 0.6) is 5.75 Å². The van der Waals surface area contributed by atoms with E-state index in [0.29, 0.717) is 29.9 Å². The molecule has 5 atom stereocenters. The van der Waals surface area contributed by atoms with Gasteiger partial charge in [0, 0.05) is 35.5 Å². The Kier molecular flexibility index (Phi) is 8.21. The van der Waals surface area contributed by atoms with Gasteiger partial charge in [0.2, 0.25) is 14.3 Å². The molecule has 2 amide bonds. The van der Waals surface area contributed by atoms with E-state index in [1.165, 1.54) is 11.7 Å². The number of carbonyl (C=O) groups excluding carboxylic acids is 2. The van der Waals surface area contributed by atoms with E-state index in [4.69, 9.17) is 9.47 Å². The topological polar surface area (TPSA) is 101 Å². The number of hydrogen-bond donors (Lipinski definition) is 1.